The van der Waals surface area contributed by atoms with Gasteiger partial charge in [-0.05, 0) is 42.5 Å². The van der Waals surface area contributed by atoms with E-state index < -0.39 is 0 Å². The summed E-state index contributed by atoms with van der Waals surface area (Å²) in [6, 6.07) is 8.78. The molecule has 0 aliphatic carbocycles. The zero-order valence-corrected chi connectivity index (χ0v) is 22.9. The third kappa shape index (κ3) is 12.0. The van der Waals surface area contributed by atoms with E-state index >= 15 is 0 Å². The summed E-state index contributed by atoms with van der Waals surface area (Å²) in [7, 11) is 0.420. The molecule has 2 atom stereocenters. The molecule has 34 heavy (non-hydrogen) atoms. The Morgan fingerprint density at radius 1 is 0.765 bits per heavy atom. The highest BCUT2D eigenvalue weighted by atomic mass is 28.2. The Kier molecular flexibility index (Phi) is 14.5. The average molecular weight is 484 g/mol. The Hall–Kier alpha value is -1.95. The normalized spacial score (nSPS) is 12.9. The molecule has 5 nitrogen and oxygen atoms in total. The predicted octanol–water partition coefficient (Wildman–Crippen LogP) is 7.94. The average Bonchev–Trinajstić information content (AvgIpc) is 2.86. The Labute approximate surface area is 210 Å². The van der Waals surface area contributed by atoms with Gasteiger partial charge in [0.05, 0.1) is 18.5 Å². The van der Waals surface area contributed by atoms with Gasteiger partial charge >= 0.3 is 9.76 Å². The van der Waals surface area contributed by atoms with Gasteiger partial charge in [0, 0.05) is 6.07 Å². The first kappa shape index (κ1) is 28.3. The van der Waals surface area contributed by atoms with Crippen LogP contribution in [-0.4, -0.2) is 31.6 Å². The number of pyridine rings is 1. The molecule has 0 bridgehead atoms. The van der Waals surface area contributed by atoms with Gasteiger partial charge in [-0.25, -0.2) is 0 Å². The van der Waals surface area contributed by atoms with Crippen LogP contribution in [0.5, 0.6) is 11.6 Å². The largest absolute Gasteiger partial charge is 0.527 e. The molecule has 2 rings (SSSR count). The quantitative estimate of drug-likeness (QED) is 0.150. The van der Waals surface area contributed by atoms with Crippen molar-refractivity contribution in [3.05, 3.63) is 30.5 Å². The van der Waals surface area contributed by atoms with Gasteiger partial charge in [0.1, 0.15) is 11.4 Å². The van der Waals surface area contributed by atoms with Crippen molar-refractivity contribution in [1.82, 2.24) is 15.2 Å². The van der Waals surface area contributed by atoms with Crippen LogP contribution in [0.25, 0.3) is 11.4 Å². The van der Waals surface area contributed by atoms with Gasteiger partial charge in [-0.15, -0.1) is 10.2 Å². The molecule has 2 unspecified atom stereocenters. The fourth-order valence-corrected chi connectivity index (χ4v) is 4.66. The lowest BCUT2D eigenvalue weighted by atomic mass is 9.95. The molecule has 0 saturated heterocycles. The summed E-state index contributed by atoms with van der Waals surface area (Å²) in [5.41, 5.74) is 1.53. The molecule has 2 radical (unpaired) electrons. The van der Waals surface area contributed by atoms with E-state index in [0.717, 1.165) is 42.1 Å². The smallest absolute Gasteiger partial charge is 0.313 e. The molecule has 0 aliphatic rings. The van der Waals surface area contributed by atoms with Crippen LogP contribution < -0.4 is 9.16 Å². The van der Waals surface area contributed by atoms with Gasteiger partial charge < -0.3 is 9.16 Å². The summed E-state index contributed by atoms with van der Waals surface area (Å²) in [6.45, 7) is 9.96. The van der Waals surface area contributed by atoms with E-state index in [9.17, 15) is 0 Å². The van der Waals surface area contributed by atoms with Crippen LogP contribution in [0.2, 0.25) is 6.04 Å². The van der Waals surface area contributed by atoms with Crippen LogP contribution in [0, 0.1) is 11.8 Å². The fourth-order valence-electron chi connectivity index (χ4n) is 3.83. The molecule has 188 valence electrons. The lowest BCUT2D eigenvalue weighted by molar-refractivity contribution is 0.303. The zero-order chi connectivity index (χ0) is 24.4. The molecular formula is C28H45N3O2Si. The standard InChI is InChI=1S/C28H45N3O2Si/c1-5-7-9-10-11-12-20-32-25-16-17-26(29-21-25)27-18-19-28(31-30-27)33-34-22-24(4)15-14-23(3)13-8-6-2/h16-19,21,23-24H,5-15,20,22H2,1-4H3. The van der Waals surface area contributed by atoms with Gasteiger partial charge in [0.2, 0.25) is 5.88 Å². The highest BCUT2D eigenvalue weighted by Crippen LogP contribution is 2.21. The van der Waals surface area contributed by atoms with E-state index in [2.05, 4.69) is 42.9 Å². The van der Waals surface area contributed by atoms with Crippen molar-refractivity contribution in [2.45, 2.75) is 104 Å². The Morgan fingerprint density at radius 3 is 2.21 bits per heavy atom. The second-order valence-corrected chi connectivity index (χ2v) is 10.5. The second-order valence-electron chi connectivity index (χ2n) is 9.63. The van der Waals surface area contributed by atoms with E-state index in [-0.39, 0.29) is 0 Å². The maximum absolute atomic E-state index is 5.86. The highest BCUT2D eigenvalue weighted by Gasteiger charge is 2.10. The lowest BCUT2D eigenvalue weighted by Crippen LogP contribution is -2.09. The van der Waals surface area contributed by atoms with Crippen molar-refractivity contribution in [2.24, 2.45) is 11.8 Å². The van der Waals surface area contributed by atoms with Gasteiger partial charge in [0.15, 0.2) is 0 Å². The van der Waals surface area contributed by atoms with Crippen molar-refractivity contribution < 1.29 is 9.16 Å². The molecule has 0 saturated carbocycles. The number of hydrogen-bond acceptors (Lipinski definition) is 5. The Balaban J connectivity index is 1.66. The first-order valence-electron chi connectivity index (χ1n) is 13.4. The molecule has 2 aromatic rings. The van der Waals surface area contributed by atoms with Gasteiger partial charge in [-0.1, -0.05) is 91.9 Å². The fraction of sp³-hybridized carbons (Fsp3) is 0.679. The zero-order valence-electron chi connectivity index (χ0n) is 21.9. The topological polar surface area (TPSA) is 57.1 Å². The first-order valence-corrected chi connectivity index (χ1v) is 14.6. The number of unbranched alkanes of at least 4 members (excludes halogenated alkanes) is 6. The minimum absolute atomic E-state index is 0.420. The monoisotopic (exact) mass is 483 g/mol. The number of hydrogen-bond donors (Lipinski definition) is 0. The number of rotatable bonds is 19. The van der Waals surface area contributed by atoms with Crippen molar-refractivity contribution in [1.29, 1.82) is 0 Å². The van der Waals surface area contributed by atoms with Crippen LogP contribution in [0.3, 0.4) is 0 Å². The minimum Gasteiger partial charge on any atom is -0.527 e. The van der Waals surface area contributed by atoms with Crippen LogP contribution in [0.4, 0.5) is 0 Å². The molecular weight excluding hydrogens is 438 g/mol. The maximum Gasteiger partial charge on any atom is 0.313 e. The molecule has 2 aromatic heterocycles. The van der Waals surface area contributed by atoms with Crippen LogP contribution in [0.1, 0.15) is 98.3 Å². The minimum atomic E-state index is 0.420. The number of aromatic nitrogens is 3. The molecule has 2 heterocycles. The molecule has 0 fully saturated rings. The van der Waals surface area contributed by atoms with E-state index in [1.807, 2.05) is 24.3 Å². The van der Waals surface area contributed by atoms with Crippen LogP contribution in [0.15, 0.2) is 30.5 Å². The SMILES string of the molecule is CCCCCCCCOc1ccc(-c2ccc(O[Si]CC(C)CCC(C)CCCC)nn2)nc1. The van der Waals surface area contributed by atoms with Crippen molar-refractivity contribution >= 4 is 9.76 Å². The Morgan fingerprint density at radius 2 is 1.50 bits per heavy atom. The van der Waals surface area contributed by atoms with Gasteiger partial charge in [-0.3, -0.25) is 4.98 Å². The summed E-state index contributed by atoms with van der Waals surface area (Å²) < 4.78 is 11.7. The molecule has 0 aromatic carbocycles. The van der Waals surface area contributed by atoms with E-state index in [4.69, 9.17) is 9.16 Å². The van der Waals surface area contributed by atoms with Gasteiger partial charge in [-0.2, -0.15) is 0 Å². The first-order chi connectivity index (χ1) is 16.6. The highest BCUT2D eigenvalue weighted by molar-refractivity contribution is 6.28. The molecule has 0 aliphatic heterocycles. The summed E-state index contributed by atoms with van der Waals surface area (Å²) in [5.74, 6) is 2.91. The molecule has 0 amide bonds. The molecule has 6 heteroatoms. The molecule has 0 spiro atoms. The maximum atomic E-state index is 5.86. The van der Waals surface area contributed by atoms with E-state index in [1.165, 1.54) is 64.2 Å². The summed E-state index contributed by atoms with van der Waals surface area (Å²) in [5, 5.41) is 8.54. The van der Waals surface area contributed by atoms with Crippen molar-refractivity contribution in [3.63, 3.8) is 0 Å². The summed E-state index contributed by atoms with van der Waals surface area (Å²) >= 11 is 0. The second kappa shape index (κ2) is 17.5. The third-order valence-corrected chi connectivity index (χ3v) is 7.43. The predicted molar refractivity (Wildman–Crippen MR) is 142 cm³/mol. The van der Waals surface area contributed by atoms with Crippen LogP contribution in [-0.2, 0) is 0 Å². The summed E-state index contributed by atoms with van der Waals surface area (Å²) in [4.78, 5) is 4.49. The van der Waals surface area contributed by atoms with Crippen molar-refractivity contribution in [2.75, 3.05) is 6.61 Å². The third-order valence-electron chi connectivity index (χ3n) is 6.22. The van der Waals surface area contributed by atoms with E-state index in [0.29, 0.717) is 21.6 Å². The van der Waals surface area contributed by atoms with Crippen molar-refractivity contribution in [3.8, 4) is 23.0 Å². The molecule has 0 N–H and O–H groups in total. The number of nitrogens with zero attached hydrogens (tertiary/aromatic N) is 3. The summed E-state index contributed by atoms with van der Waals surface area (Å²) in [6.07, 6.45) is 15.9. The lowest BCUT2D eigenvalue weighted by Gasteiger charge is -2.14. The Bertz CT molecular complexity index is 755. The number of ether oxygens (including phenoxy) is 1. The van der Waals surface area contributed by atoms with Crippen LogP contribution >= 0.6 is 0 Å². The van der Waals surface area contributed by atoms with E-state index in [1.54, 1.807) is 6.20 Å². The van der Waals surface area contributed by atoms with Gasteiger partial charge in [0.25, 0.3) is 0 Å².